The van der Waals surface area contributed by atoms with Crippen LogP contribution in [-0.2, 0) is 4.79 Å². The van der Waals surface area contributed by atoms with Crippen LogP contribution in [0.1, 0.15) is 12.0 Å². The highest BCUT2D eigenvalue weighted by molar-refractivity contribution is 6.31. The monoisotopic (exact) mass is 324 g/mol. The molecule has 0 heterocycles. The molecule has 0 bridgehead atoms. The number of carbonyl (C=O) groups is 1. The average Bonchev–Trinajstić information content (AvgIpc) is 2.46. The molecule has 2 N–H and O–H groups in total. The second kappa shape index (κ2) is 7.22. The zero-order valence-electron chi connectivity index (χ0n) is 11.9. The van der Waals surface area contributed by atoms with E-state index < -0.39 is 11.6 Å². The van der Waals surface area contributed by atoms with Gasteiger partial charge in [-0.3, -0.25) is 4.79 Å². The Hall–Kier alpha value is -2.14. The lowest BCUT2D eigenvalue weighted by Gasteiger charge is -2.10. The van der Waals surface area contributed by atoms with Crippen molar-refractivity contribution in [3.63, 3.8) is 0 Å². The SMILES string of the molecule is Cc1c(Cl)cccc1NC(=O)CCNc1ccc(F)cc1F. The minimum atomic E-state index is -0.689. The minimum Gasteiger partial charge on any atom is -0.382 e. The molecular formula is C16H15ClF2N2O. The first-order valence-corrected chi connectivity index (χ1v) is 7.09. The quantitative estimate of drug-likeness (QED) is 0.857. The van der Waals surface area contributed by atoms with Gasteiger partial charge in [-0.1, -0.05) is 17.7 Å². The summed E-state index contributed by atoms with van der Waals surface area (Å²) in [5.41, 5.74) is 1.59. The number of halogens is 3. The summed E-state index contributed by atoms with van der Waals surface area (Å²) in [4.78, 5) is 11.9. The molecule has 0 aliphatic heterocycles. The second-order valence-corrected chi connectivity index (χ2v) is 5.17. The number of amides is 1. The smallest absolute Gasteiger partial charge is 0.226 e. The van der Waals surface area contributed by atoms with Gasteiger partial charge in [0.2, 0.25) is 5.91 Å². The van der Waals surface area contributed by atoms with E-state index in [0.717, 1.165) is 17.7 Å². The predicted molar refractivity (Wildman–Crippen MR) is 84.3 cm³/mol. The molecule has 0 aliphatic carbocycles. The van der Waals surface area contributed by atoms with Crippen molar-refractivity contribution in [3.8, 4) is 0 Å². The Morgan fingerprint density at radius 2 is 1.95 bits per heavy atom. The van der Waals surface area contributed by atoms with Crippen molar-refractivity contribution in [1.82, 2.24) is 0 Å². The molecular weight excluding hydrogens is 310 g/mol. The third kappa shape index (κ3) is 4.18. The largest absolute Gasteiger partial charge is 0.382 e. The molecule has 0 radical (unpaired) electrons. The van der Waals surface area contributed by atoms with Crippen LogP contribution in [-0.4, -0.2) is 12.5 Å². The molecule has 0 aromatic heterocycles. The van der Waals surface area contributed by atoms with Gasteiger partial charge in [-0.2, -0.15) is 0 Å². The van der Waals surface area contributed by atoms with Crippen molar-refractivity contribution in [2.75, 3.05) is 17.2 Å². The zero-order chi connectivity index (χ0) is 16.1. The van der Waals surface area contributed by atoms with E-state index in [2.05, 4.69) is 10.6 Å². The summed E-state index contributed by atoms with van der Waals surface area (Å²) < 4.78 is 26.2. The van der Waals surface area contributed by atoms with Crippen molar-refractivity contribution in [2.24, 2.45) is 0 Å². The van der Waals surface area contributed by atoms with E-state index in [9.17, 15) is 13.6 Å². The molecule has 6 heteroatoms. The normalized spacial score (nSPS) is 10.4. The van der Waals surface area contributed by atoms with Crippen LogP contribution in [0.5, 0.6) is 0 Å². The molecule has 0 saturated heterocycles. The molecule has 0 aliphatic rings. The summed E-state index contributed by atoms with van der Waals surface area (Å²) >= 11 is 5.98. The molecule has 1 amide bonds. The zero-order valence-corrected chi connectivity index (χ0v) is 12.7. The van der Waals surface area contributed by atoms with Crippen molar-refractivity contribution < 1.29 is 13.6 Å². The molecule has 116 valence electrons. The first-order valence-electron chi connectivity index (χ1n) is 6.71. The predicted octanol–water partition coefficient (Wildman–Crippen LogP) is 4.37. The van der Waals surface area contributed by atoms with Gasteiger partial charge in [0, 0.05) is 29.7 Å². The number of carbonyl (C=O) groups excluding carboxylic acids is 1. The Bertz CT molecular complexity index is 692. The van der Waals surface area contributed by atoms with Crippen molar-refractivity contribution in [3.05, 3.63) is 58.6 Å². The summed E-state index contributed by atoms with van der Waals surface area (Å²) in [6.07, 6.45) is 0.142. The number of anilines is 2. The van der Waals surface area contributed by atoms with E-state index >= 15 is 0 Å². The van der Waals surface area contributed by atoms with Gasteiger partial charge in [-0.25, -0.2) is 8.78 Å². The maximum atomic E-state index is 13.4. The molecule has 0 saturated carbocycles. The van der Waals surface area contributed by atoms with Gasteiger partial charge in [0.25, 0.3) is 0 Å². The number of hydrogen-bond acceptors (Lipinski definition) is 2. The highest BCUT2D eigenvalue weighted by Crippen LogP contribution is 2.23. The first kappa shape index (κ1) is 16.2. The highest BCUT2D eigenvalue weighted by atomic mass is 35.5. The van der Waals surface area contributed by atoms with E-state index in [1.165, 1.54) is 6.07 Å². The lowest BCUT2D eigenvalue weighted by atomic mass is 10.2. The molecule has 2 rings (SSSR count). The van der Waals surface area contributed by atoms with Gasteiger partial charge in [0.15, 0.2) is 0 Å². The van der Waals surface area contributed by atoms with Crippen LogP contribution in [0.25, 0.3) is 0 Å². The molecule has 0 atom stereocenters. The number of hydrogen-bond donors (Lipinski definition) is 2. The molecule has 0 spiro atoms. The molecule has 2 aromatic carbocycles. The first-order chi connectivity index (χ1) is 10.5. The van der Waals surface area contributed by atoms with Crippen LogP contribution in [0, 0.1) is 18.6 Å². The van der Waals surface area contributed by atoms with Crippen LogP contribution in [0.3, 0.4) is 0 Å². The highest BCUT2D eigenvalue weighted by Gasteiger charge is 2.08. The number of nitrogens with one attached hydrogen (secondary N) is 2. The van der Waals surface area contributed by atoms with Gasteiger partial charge in [0.1, 0.15) is 11.6 Å². The maximum Gasteiger partial charge on any atom is 0.226 e. The van der Waals surface area contributed by atoms with E-state index in [4.69, 9.17) is 11.6 Å². The topological polar surface area (TPSA) is 41.1 Å². The van der Waals surface area contributed by atoms with Gasteiger partial charge in [0.05, 0.1) is 5.69 Å². The van der Waals surface area contributed by atoms with Gasteiger partial charge in [-0.05, 0) is 36.8 Å². The maximum absolute atomic E-state index is 13.4. The van der Waals surface area contributed by atoms with Crippen molar-refractivity contribution in [1.29, 1.82) is 0 Å². The van der Waals surface area contributed by atoms with E-state index in [1.54, 1.807) is 18.2 Å². The Labute approximate surface area is 132 Å². The molecule has 0 unspecified atom stereocenters. The standard InChI is InChI=1S/C16H15ClF2N2O/c1-10-12(17)3-2-4-14(10)21-16(22)7-8-20-15-6-5-11(18)9-13(15)19/h2-6,9,20H,7-8H2,1H3,(H,21,22). The Morgan fingerprint density at radius 1 is 1.18 bits per heavy atom. The van der Waals surface area contributed by atoms with Gasteiger partial charge >= 0.3 is 0 Å². The van der Waals surface area contributed by atoms with Crippen LogP contribution >= 0.6 is 11.6 Å². The van der Waals surface area contributed by atoms with E-state index in [0.29, 0.717) is 10.7 Å². The van der Waals surface area contributed by atoms with Crippen molar-refractivity contribution in [2.45, 2.75) is 13.3 Å². The third-order valence-corrected chi connectivity index (χ3v) is 3.55. The fourth-order valence-corrected chi connectivity index (χ4v) is 2.07. The fourth-order valence-electron chi connectivity index (χ4n) is 1.90. The van der Waals surface area contributed by atoms with Crippen LogP contribution in [0.2, 0.25) is 5.02 Å². The van der Waals surface area contributed by atoms with Crippen LogP contribution in [0.15, 0.2) is 36.4 Å². The van der Waals surface area contributed by atoms with Crippen LogP contribution < -0.4 is 10.6 Å². The average molecular weight is 325 g/mol. The Kier molecular flexibility index (Phi) is 5.33. The van der Waals surface area contributed by atoms with E-state index in [-0.39, 0.29) is 24.6 Å². The van der Waals surface area contributed by atoms with Crippen LogP contribution in [0.4, 0.5) is 20.2 Å². The lowest BCUT2D eigenvalue weighted by molar-refractivity contribution is -0.115. The molecule has 0 fully saturated rings. The number of rotatable bonds is 5. The second-order valence-electron chi connectivity index (χ2n) is 4.76. The number of benzene rings is 2. The summed E-state index contributed by atoms with van der Waals surface area (Å²) in [5, 5.41) is 6.07. The summed E-state index contributed by atoms with van der Waals surface area (Å²) in [6.45, 7) is 2.04. The van der Waals surface area contributed by atoms with Gasteiger partial charge in [-0.15, -0.1) is 0 Å². The minimum absolute atomic E-state index is 0.142. The Balaban J connectivity index is 1.87. The summed E-state index contributed by atoms with van der Waals surface area (Å²) in [7, 11) is 0. The Morgan fingerprint density at radius 3 is 2.68 bits per heavy atom. The van der Waals surface area contributed by atoms with Crippen molar-refractivity contribution >= 4 is 28.9 Å². The molecule has 2 aromatic rings. The lowest BCUT2D eigenvalue weighted by Crippen LogP contribution is -2.17. The molecule has 3 nitrogen and oxygen atoms in total. The summed E-state index contributed by atoms with van der Waals surface area (Å²) in [5.74, 6) is -1.55. The fraction of sp³-hybridized carbons (Fsp3) is 0.188. The van der Waals surface area contributed by atoms with E-state index in [1.807, 2.05) is 6.92 Å². The van der Waals surface area contributed by atoms with Gasteiger partial charge < -0.3 is 10.6 Å². The molecule has 22 heavy (non-hydrogen) atoms. The summed E-state index contributed by atoms with van der Waals surface area (Å²) in [6, 6.07) is 8.48. The third-order valence-electron chi connectivity index (χ3n) is 3.14.